The van der Waals surface area contributed by atoms with Crippen molar-refractivity contribution in [3.8, 4) is 5.75 Å². The number of aryl methyl sites for hydroxylation is 1. The molecule has 0 aliphatic carbocycles. The van der Waals surface area contributed by atoms with Gasteiger partial charge in [-0.2, -0.15) is 0 Å². The number of anilines is 1. The van der Waals surface area contributed by atoms with Gasteiger partial charge in [0, 0.05) is 51.3 Å². The van der Waals surface area contributed by atoms with Gasteiger partial charge in [-0.1, -0.05) is 30.3 Å². The Bertz CT molecular complexity index is 877. The zero-order valence-electron chi connectivity index (χ0n) is 17.3. The third-order valence-corrected chi connectivity index (χ3v) is 5.75. The number of amides is 2. The fourth-order valence-corrected chi connectivity index (χ4v) is 4.02. The number of ether oxygens (including phenoxy) is 1. The molecule has 1 fully saturated rings. The lowest BCUT2D eigenvalue weighted by Gasteiger charge is -2.34. The maximum atomic E-state index is 12.5. The van der Waals surface area contributed by atoms with E-state index in [1.165, 1.54) is 5.56 Å². The maximum absolute atomic E-state index is 12.5. The molecule has 2 aliphatic heterocycles. The minimum absolute atomic E-state index is 0.0654. The van der Waals surface area contributed by atoms with E-state index < -0.39 is 0 Å². The Hall–Kier alpha value is -2.86. The standard InChI is InChI=1S/C24H29N3O3/c28-23-11-8-20-17-21(9-10-22(20)25-23)30-16-4-7-24(29)27-14-12-26(13-15-27)18-19-5-2-1-3-6-19/h1-3,5-6,9-10,17H,4,7-8,11-16,18H2,(H,25,28). The lowest BCUT2D eigenvalue weighted by atomic mass is 10.0. The maximum Gasteiger partial charge on any atom is 0.224 e. The molecule has 0 aromatic heterocycles. The monoisotopic (exact) mass is 407 g/mol. The van der Waals surface area contributed by atoms with Crippen molar-refractivity contribution in [2.24, 2.45) is 0 Å². The molecule has 1 saturated heterocycles. The molecule has 0 bridgehead atoms. The lowest BCUT2D eigenvalue weighted by Crippen LogP contribution is -2.48. The van der Waals surface area contributed by atoms with Crippen molar-refractivity contribution in [1.82, 2.24) is 9.80 Å². The first kappa shape index (κ1) is 20.4. The molecule has 1 N–H and O–H groups in total. The van der Waals surface area contributed by atoms with E-state index in [-0.39, 0.29) is 11.8 Å². The number of carbonyl (C=O) groups is 2. The van der Waals surface area contributed by atoms with Gasteiger partial charge in [0.05, 0.1) is 6.61 Å². The van der Waals surface area contributed by atoms with Gasteiger partial charge in [-0.3, -0.25) is 14.5 Å². The Balaban J connectivity index is 1.15. The molecule has 6 nitrogen and oxygen atoms in total. The molecule has 2 aromatic rings. The zero-order chi connectivity index (χ0) is 20.8. The molecule has 4 rings (SSSR count). The first-order valence-corrected chi connectivity index (χ1v) is 10.8. The third kappa shape index (κ3) is 5.39. The molecule has 0 radical (unpaired) electrons. The number of benzene rings is 2. The molecule has 2 aromatic carbocycles. The second-order valence-corrected chi connectivity index (χ2v) is 7.96. The number of rotatable bonds is 7. The van der Waals surface area contributed by atoms with Crippen LogP contribution in [0.3, 0.4) is 0 Å². The van der Waals surface area contributed by atoms with Crippen molar-refractivity contribution in [3.05, 3.63) is 59.7 Å². The number of carbonyl (C=O) groups excluding carboxylic acids is 2. The Morgan fingerprint density at radius 1 is 1.00 bits per heavy atom. The Kier molecular flexibility index (Phi) is 6.64. The van der Waals surface area contributed by atoms with Crippen LogP contribution in [-0.2, 0) is 22.6 Å². The van der Waals surface area contributed by atoms with Crippen LogP contribution in [0, 0.1) is 0 Å². The summed E-state index contributed by atoms with van der Waals surface area (Å²) >= 11 is 0. The van der Waals surface area contributed by atoms with Crippen molar-refractivity contribution in [2.45, 2.75) is 32.2 Å². The highest BCUT2D eigenvalue weighted by molar-refractivity contribution is 5.94. The van der Waals surface area contributed by atoms with Gasteiger partial charge in [0.25, 0.3) is 0 Å². The SMILES string of the molecule is O=C1CCc2cc(OCCCC(=O)N3CCN(Cc4ccccc4)CC3)ccc2N1. The normalized spacial score (nSPS) is 16.7. The van der Waals surface area contributed by atoms with Crippen molar-refractivity contribution < 1.29 is 14.3 Å². The van der Waals surface area contributed by atoms with E-state index in [9.17, 15) is 9.59 Å². The molecule has 30 heavy (non-hydrogen) atoms. The summed E-state index contributed by atoms with van der Waals surface area (Å²) in [5.41, 5.74) is 3.30. The Labute approximate surface area is 177 Å². The minimum atomic E-state index is 0.0654. The molecule has 0 saturated carbocycles. The van der Waals surface area contributed by atoms with Gasteiger partial charge in [-0.15, -0.1) is 0 Å². The van der Waals surface area contributed by atoms with Gasteiger partial charge in [0.15, 0.2) is 0 Å². The lowest BCUT2D eigenvalue weighted by molar-refractivity contribution is -0.133. The molecule has 6 heteroatoms. The van der Waals surface area contributed by atoms with Crippen LogP contribution in [0.15, 0.2) is 48.5 Å². The summed E-state index contributed by atoms with van der Waals surface area (Å²) in [5.74, 6) is 1.08. The number of nitrogens with zero attached hydrogens (tertiary/aromatic N) is 2. The van der Waals surface area contributed by atoms with Crippen molar-refractivity contribution in [1.29, 1.82) is 0 Å². The highest BCUT2D eigenvalue weighted by Gasteiger charge is 2.21. The summed E-state index contributed by atoms with van der Waals surface area (Å²) in [7, 11) is 0. The molecule has 2 heterocycles. The van der Waals surface area contributed by atoms with E-state index in [2.05, 4.69) is 34.5 Å². The summed E-state index contributed by atoms with van der Waals surface area (Å²) < 4.78 is 5.83. The van der Waals surface area contributed by atoms with E-state index >= 15 is 0 Å². The van der Waals surface area contributed by atoms with Gasteiger partial charge in [0.1, 0.15) is 5.75 Å². The smallest absolute Gasteiger partial charge is 0.224 e. The van der Waals surface area contributed by atoms with Crippen LogP contribution in [-0.4, -0.2) is 54.4 Å². The van der Waals surface area contributed by atoms with Crippen LogP contribution in [0.1, 0.15) is 30.4 Å². The first-order valence-electron chi connectivity index (χ1n) is 10.8. The van der Waals surface area contributed by atoms with E-state index in [1.807, 2.05) is 29.2 Å². The number of piperazine rings is 1. The predicted octanol–water partition coefficient (Wildman–Crippen LogP) is 3.07. The predicted molar refractivity (Wildman–Crippen MR) is 116 cm³/mol. The van der Waals surface area contributed by atoms with Gasteiger partial charge in [0.2, 0.25) is 11.8 Å². The second kappa shape index (κ2) is 9.76. The van der Waals surface area contributed by atoms with Gasteiger partial charge >= 0.3 is 0 Å². The molecular weight excluding hydrogens is 378 g/mol. The highest BCUT2D eigenvalue weighted by Crippen LogP contribution is 2.26. The average molecular weight is 408 g/mol. The minimum Gasteiger partial charge on any atom is -0.494 e. The molecule has 2 amide bonds. The molecule has 158 valence electrons. The van der Waals surface area contributed by atoms with Crippen LogP contribution in [0.2, 0.25) is 0 Å². The summed E-state index contributed by atoms with van der Waals surface area (Å²) in [6, 6.07) is 16.2. The fourth-order valence-electron chi connectivity index (χ4n) is 4.02. The average Bonchev–Trinajstić information content (AvgIpc) is 2.78. The third-order valence-electron chi connectivity index (χ3n) is 5.75. The first-order chi connectivity index (χ1) is 14.7. The van der Waals surface area contributed by atoms with Gasteiger partial charge in [-0.25, -0.2) is 0 Å². The number of hydrogen-bond donors (Lipinski definition) is 1. The van der Waals surface area contributed by atoms with Crippen LogP contribution in [0.4, 0.5) is 5.69 Å². The molecule has 0 spiro atoms. The molecule has 2 aliphatic rings. The summed E-state index contributed by atoms with van der Waals surface area (Å²) in [4.78, 5) is 28.3. The van der Waals surface area contributed by atoms with E-state index in [0.717, 1.165) is 56.1 Å². The topological polar surface area (TPSA) is 61.9 Å². The summed E-state index contributed by atoms with van der Waals surface area (Å²) in [6.07, 6.45) is 2.48. The van der Waals surface area contributed by atoms with Gasteiger partial charge in [-0.05, 0) is 42.2 Å². The second-order valence-electron chi connectivity index (χ2n) is 7.96. The Morgan fingerprint density at radius 2 is 1.80 bits per heavy atom. The molecular formula is C24H29N3O3. The number of hydrogen-bond acceptors (Lipinski definition) is 4. The highest BCUT2D eigenvalue weighted by atomic mass is 16.5. The molecule has 0 unspecified atom stereocenters. The van der Waals surface area contributed by atoms with Crippen LogP contribution >= 0.6 is 0 Å². The van der Waals surface area contributed by atoms with Crippen LogP contribution < -0.4 is 10.1 Å². The molecule has 0 atom stereocenters. The Morgan fingerprint density at radius 3 is 2.60 bits per heavy atom. The number of nitrogens with one attached hydrogen (secondary N) is 1. The largest absolute Gasteiger partial charge is 0.494 e. The summed E-state index contributed by atoms with van der Waals surface area (Å²) in [6.45, 7) is 4.89. The van der Waals surface area contributed by atoms with Gasteiger partial charge < -0.3 is 15.0 Å². The number of fused-ring (bicyclic) bond motifs is 1. The summed E-state index contributed by atoms with van der Waals surface area (Å²) in [5, 5.41) is 2.87. The van der Waals surface area contributed by atoms with Crippen molar-refractivity contribution in [3.63, 3.8) is 0 Å². The van der Waals surface area contributed by atoms with Crippen LogP contribution in [0.25, 0.3) is 0 Å². The van der Waals surface area contributed by atoms with E-state index in [4.69, 9.17) is 4.74 Å². The zero-order valence-corrected chi connectivity index (χ0v) is 17.3. The van der Waals surface area contributed by atoms with E-state index in [1.54, 1.807) is 0 Å². The van der Waals surface area contributed by atoms with E-state index in [0.29, 0.717) is 25.9 Å². The van der Waals surface area contributed by atoms with Crippen LogP contribution in [0.5, 0.6) is 5.75 Å². The van der Waals surface area contributed by atoms with Crippen molar-refractivity contribution >= 4 is 17.5 Å². The van der Waals surface area contributed by atoms with Crippen molar-refractivity contribution in [2.75, 3.05) is 38.1 Å². The quantitative estimate of drug-likeness (QED) is 0.717. The fraction of sp³-hybridized carbons (Fsp3) is 0.417.